The van der Waals surface area contributed by atoms with Gasteiger partial charge in [0.25, 0.3) is 0 Å². The molecule has 10 nitrogen and oxygen atoms in total. The van der Waals surface area contributed by atoms with Gasteiger partial charge in [-0.1, -0.05) is 24.3 Å². The van der Waals surface area contributed by atoms with Crippen molar-refractivity contribution in [1.29, 1.82) is 0 Å². The van der Waals surface area contributed by atoms with Crippen molar-refractivity contribution < 1.29 is 9.53 Å². The maximum absolute atomic E-state index is 11.4. The molecule has 2 aromatic heterocycles. The number of anilines is 2. The Kier molecular flexibility index (Phi) is 5.91. The highest BCUT2D eigenvalue weighted by molar-refractivity contribution is 5.96. The Labute approximate surface area is 196 Å². The lowest BCUT2D eigenvalue weighted by molar-refractivity contribution is 0.0343. The smallest absolute Gasteiger partial charge is 0.248 e. The number of primary amides is 1. The molecule has 34 heavy (non-hydrogen) atoms. The highest BCUT2D eigenvalue weighted by Gasteiger charge is 2.16. The number of benzene rings is 2. The van der Waals surface area contributed by atoms with E-state index in [1.807, 2.05) is 39.5 Å². The molecule has 0 atom stereocenters. The molecule has 10 heteroatoms. The van der Waals surface area contributed by atoms with E-state index in [4.69, 9.17) is 21.9 Å². The van der Waals surface area contributed by atoms with Crippen LogP contribution in [-0.2, 0) is 24.4 Å². The molecule has 4 aromatic rings. The number of allylic oxidation sites excluding steroid dienone is 2. The van der Waals surface area contributed by atoms with Crippen LogP contribution in [-0.4, -0.2) is 56.2 Å². The zero-order chi connectivity index (χ0) is 23.7. The maximum atomic E-state index is 11.4. The molecule has 5 rings (SSSR count). The van der Waals surface area contributed by atoms with Crippen molar-refractivity contribution in [3.8, 4) is 0 Å². The fourth-order valence-electron chi connectivity index (χ4n) is 4.44. The van der Waals surface area contributed by atoms with Crippen molar-refractivity contribution in [3.05, 3.63) is 59.7 Å². The molecular formula is C24H28N8O2. The van der Waals surface area contributed by atoms with Gasteiger partial charge in [0.1, 0.15) is 0 Å². The van der Waals surface area contributed by atoms with E-state index in [0.29, 0.717) is 36.1 Å². The largest absolute Gasteiger partial charge is 0.379 e. The minimum absolute atomic E-state index is 0.377. The first-order valence-corrected chi connectivity index (χ1v) is 11.3. The summed E-state index contributed by atoms with van der Waals surface area (Å²) in [6, 6.07) is 11.3. The number of nitrogens with zero attached hydrogens (tertiary/aromatic N) is 5. The van der Waals surface area contributed by atoms with E-state index in [1.54, 1.807) is 12.1 Å². The topological polar surface area (TPSA) is 143 Å². The number of fused-ring (bicyclic) bond motifs is 2. The summed E-state index contributed by atoms with van der Waals surface area (Å²) in [6.45, 7) is 5.31. The van der Waals surface area contributed by atoms with E-state index in [0.717, 1.165) is 49.4 Å². The fourth-order valence-corrected chi connectivity index (χ4v) is 4.44. The van der Waals surface area contributed by atoms with Crippen LogP contribution in [0.1, 0.15) is 15.9 Å². The molecule has 1 saturated heterocycles. The Morgan fingerprint density at radius 2 is 1.68 bits per heavy atom. The van der Waals surface area contributed by atoms with E-state index in [9.17, 15) is 4.79 Å². The number of morpholine rings is 1. The number of nitrogen functional groups attached to an aromatic ring is 2. The van der Waals surface area contributed by atoms with Gasteiger partial charge < -0.3 is 31.1 Å². The van der Waals surface area contributed by atoms with Crippen LogP contribution in [0.25, 0.3) is 22.1 Å². The van der Waals surface area contributed by atoms with Crippen molar-refractivity contribution in [1.82, 2.24) is 24.0 Å². The van der Waals surface area contributed by atoms with Crippen molar-refractivity contribution >= 4 is 39.9 Å². The van der Waals surface area contributed by atoms with Crippen LogP contribution in [0.3, 0.4) is 0 Å². The number of carbonyl (C=O) groups excluding carboxylic acids is 1. The van der Waals surface area contributed by atoms with Gasteiger partial charge in [0.15, 0.2) is 0 Å². The third kappa shape index (κ3) is 4.20. The van der Waals surface area contributed by atoms with Crippen molar-refractivity contribution in [2.45, 2.75) is 19.6 Å². The zero-order valence-corrected chi connectivity index (χ0v) is 18.9. The molecule has 1 fully saturated rings. The van der Waals surface area contributed by atoms with Crippen LogP contribution >= 0.6 is 0 Å². The molecule has 176 valence electrons. The Morgan fingerprint density at radius 1 is 0.971 bits per heavy atom. The minimum Gasteiger partial charge on any atom is -0.379 e. The predicted octanol–water partition coefficient (Wildman–Crippen LogP) is 1.74. The fraction of sp³-hybridized carbons (Fsp3) is 0.292. The third-order valence-electron chi connectivity index (χ3n) is 6.18. The molecule has 0 unspecified atom stereocenters. The van der Waals surface area contributed by atoms with E-state index in [2.05, 4.69) is 20.9 Å². The zero-order valence-electron chi connectivity index (χ0n) is 18.9. The number of aromatic nitrogens is 4. The standard InChI is InChI=1S/C24H28N8O2/c25-22(33)16-6-7-20-19(14-16)29-23(26)31(20)8-1-2-9-32-21-17(15-30-10-12-34-13-11-30)4-3-5-18(21)28-24(32)27/h1-7,14H,8-13,15H2,(H2,25,33)(H2,26,29)(H2,27,28)/b2-1+. The Morgan fingerprint density at radius 3 is 2.44 bits per heavy atom. The van der Waals surface area contributed by atoms with Gasteiger partial charge in [0, 0.05) is 38.3 Å². The number of hydrogen-bond acceptors (Lipinski definition) is 7. The molecule has 1 aliphatic heterocycles. The van der Waals surface area contributed by atoms with E-state index in [1.165, 1.54) is 5.56 Å². The number of ether oxygens (including phenoxy) is 1. The van der Waals surface area contributed by atoms with Crippen LogP contribution in [0.4, 0.5) is 11.9 Å². The average Bonchev–Trinajstić information content (AvgIpc) is 3.32. The summed E-state index contributed by atoms with van der Waals surface area (Å²) in [5, 5.41) is 0. The Bertz CT molecular complexity index is 1380. The van der Waals surface area contributed by atoms with Gasteiger partial charge in [-0.2, -0.15) is 0 Å². The van der Waals surface area contributed by atoms with Gasteiger partial charge in [0.2, 0.25) is 17.8 Å². The number of rotatable bonds is 7. The molecular weight excluding hydrogens is 432 g/mol. The second kappa shape index (κ2) is 9.16. The normalized spacial score (nSPS) is 15.1. The van der Waals surface area contributed by atoms with Crippen molar-refractivity contribution in [2.24, 2.45) is 5.73 Å². The molecule has 3 heterocycles. The summed E-state index contributed by atoms with van der Waals surface area (Å²) >= 11 is 0. The number of nitrogens with two attached hydrogens (primary N) is 3. The van der Waals surface area contributed by atoms with Gasteiger partial charge in [-0.05, 0) is 29.8 Å². The molecule has 1 amide bonds. The molecule has 0 radical (unpaired) electrons. The van der Waals surface area contributed by atoms with Gasteiger partial charge in [-0.15, -0.1) is 0 Å². The molecule has 0 aliphatic carbocycles. The van der Waals surface area contributed by atoms with Gasteiger partial charge in [-0.25, -0.2) is 9.97 Å². The number of hydrogen-bond donors (Lipinski definition) is 3. The lowest BCUT2D eigenvalue weighted by Gasteiger charge is -2.27. The molecule has 2 aromatic carbocycles. The quantitative estimate of drug-likeness (QED) is 0.356. The molecule has 0 saturated carbocycles. The number of para-hydroxylation sites is 1. The lowest BCUT2D eigenvalue weighted by atomic mass is 10.1. The summed E-state index contributed by atoms with van der Waals surface area (Å²) in [7, 11) is 0. The van der Waals surface area contributed by atoms with Crippen molar-refractivity contribution in [2.75, 3.05) is 37.8 Å². The summed E-state index contributed by atoms with van der Waals surface area (Å²) < 4.78 is 9.40. The first kappa shape index (κ1) is 21.9. The van der Waals surface area contributed by atoms with E-state index >= 15 is 0 Å². The monoisotopic (exact) mass is 460 g/mol. The minimum atomic E-state index is -0.493. The third-order valence-corrected chi connectivity index (χ3v) is 6.18. The Hall–Kier alpha value is -3.89. The lowest BCUT2D eigenvalue weighted by Crippen LogP contribution is -2.35. The highest BCUT2D eigenvalue weighted by Crippen LogP contribution is 2.24. The Balaban J connectivity index is 1.36. The molecule has 6 N–H and O–H groups in total. The summed E-state index contributed by atoms with van der Waals surface area (Å²) in [5.41, 5.74) is 22.8. The molecule has 0 spiro atoms. The maximum Gasteiger partial charge on any atom is 0.248 e. The average molecular weight is 461 g/mol. The molecule has 1 aliphatic rings. The highest BCUT2D eigenvalue weighted by atomic mass is 16.5. The summed E-state index contributed by atoms with van der Waals surface area (Å²) in [6.07, 6.45) is 4.07. The van der Waals surface area contributed by atoms with Crippen LogP contribution in [0, 0.1) is 0 Å². The van der Waals surface area contributed by atoms with Gasteiger partial charge in [0.05, 0.1) is 35.3 Å². The number of imidazole rings is 2. The second-order valence-corrected chi connectivity index (χ2v) is 8.37. The molecule has 0 bridgehead atoms. The first-order chi connectivity index (χ1) is 16.5. The van der Waals surface area contributed by atoms with Crippen LogP contribution in [0.2, 0.25) is 0 Å². The number of carbonyl (C=O) groups is 1. The van der Waals surface area contributed by atoms with Crippen LogP contribution in [0.5, 0.6) is 0 Å². The van der Waals surface area contributed by atoms with Gasteiger partial charge in [-0.3, -0.25) is 9.69 Å². The van der Waals surface area contributed by atoms with Crippen LogP contribution < -0.4 is 17.2 Å². The second-order valence-electron chi connectivity index (χ2n) is 8.37. The first-order valence-electron chi connectivity index (χ1n) is 11.3. The van der Waals surface area contributed by atoms with Gasteiger partial charge >= 0.3 is 0 Å². The van der Waals surface area contributed by atoms with E-state index in [-0.39, 0.29) is 0 Å². The summed E-state index contributed by atoms with van der Waals surface area (Å²) in [4.78, 5) is 22.7. The van der Waals surface area contributed by atoms with E-state index < -0.39 is 5.91 Å². The SMILES string of the molecule is NC(=O)c1ccc2c(c1)nc(N)n2C/C=C/Cn1c(N)nc2cccc(CN3CCOCC3)c21. The van der Waals surface area contributed by atoms with Crippen molar-refractivity contribution in [3.63, 3.8) is 0 Å². The predicted molar refractivity (Wildman–Crippen MR) is 132 cm³/mol. The summed E-state index contributed by atoms with van der Waals surface area (Å²) in [5.74, 6) is 0.371. The van der Waals surface area contributed by atoms with Crippen LogP contribution in [0.15, 0.2) is 48.6 Å². The number of amides is 1.